The molecule has 1 radical (unpaired) electrons. The Morgan fingerprint density at radius 3 is 2.62 bits per heavy atom. The summed E-state index contributed by atoms with van der Waals surface area (Å²) in [5.74, 6) is 2.08. The monoisotopic (exact) mass is 111 g/mol. The van der Waals surface area contributed by atoms with Crippen molar-refractivity contribution in [2.75, 3.05) is 0 Å². The summed E-state index contributed by atoms with van der Waals surface area (Å²) < 4.78 is 0. The Morgan fingerprint density at radius 2 is 2.25 bits per heavy atom. The average molecular weight is 111 g/mol. The van der Waals surface area contributed by atoms with Crippen molar-refractivity contribution in [3.8, 4) is 0 Å². The summed E-state index contributed by atoms with van der Waals surface area (Å²) in [6, 6.07) is 0. The Balaban J connectivity index is 1.99. The van der Waals surface area contributed by atoms with Gasteiger partial charge in [-0.15, -0.1) is 0 Å². The van der Waals surface area contributed by atoms with Gasteiger partial charge in [0.05, 0.1) is 0 Å². The number of hydrogen-bond donors (Lipinski definition) is 0. The minimum atomic E-state index is 1.01. The lowest BCUT2D eigenvalue weighted by Crippen LogP contribution is -1.78. The van der Waals surface area contributed by atoms with E-state index in [4.69, 9.17) is 0 Å². The van der Waals surface area contributed by atoms with E-state index in [0.717, 1.165) is 11.8 Å². The lowest BCUT2D eigenvalue weighted by atomic mass is 10.2. The molecule has 8 heavy (non-hydrogen) atoms. The molecule has 47 valence electrons. The van der Waals surface area contributed by atoms with E-state index >= 15 is 0 Å². The Hall–Kier alpha value is 0. The van der Waals surface area contributed by atoms with E-state index in [1.807, 2.05) is 0 Å². The SMILES string of the molecule is [CH2]CC1CC1CCC. The van der Waals surface area contributed by atoms with Gasteiger partial charge in [-0.1, -0.05) is 33.1 Å². The van der Waals surface area contributed by atoms with E-state index in [-0.39, 0.29) is 0 Å². The third-order valence-corrected chi connectivity index (χ3v) is 2.10. The van der Waals surface area contributed by atoms with Crippen LogP contribution in [0.2, 0.25) is 0 Å². The van der Waals surface area contributed by atoms with Crippen LogP contribution in [-0.2, 0) is 0 Å². The highest BCUT2D eigenvalue weighted by atomic mass is 14.4. The van der Waals surface area contributed by atoms with Crippen molar-refractivity contribution in [2.45, 2.75) is 32.6 Å². The smallest absolute Gasteiger partial charge is 0.0383 e. The zero-order valence-electron chi connectivity index (χ0n) is 5.69. The van der Waals surface area contributed by atoms with Crippen LogP contribution in [0.15, 0.2) is 0 Å². The lowest BCUT2D eigenvalue weighted by Gasteiger charge is -1.89. The number of hydrogen-bond acceptors (Lipinski definition) is 0. The zero-order chi connectivity index (χ0) is 5.98. The molecule has 0 saturated heterocycles. The van der Waals surface area contributed by atoms with Gasteiger partial charge >= 0.3 is 0 Å². The van der Waals surface area contributed by atoms with Gasteiger partial charge in [0.1, 0.15) is 0 Å². The van der Waals surface area contributed by atoms with Crippen molar-refractivity contribution in [1.29, 1.82) is 0 Å². The minimum Gasteiger partial charge on any atom is -0.0654 e. The molecule has 0 N–H and O–H groups in total. The molecule has 1 aliphatic rings. The van der Waals surface area contributed by atoms with Gasteiger partial charge < -0.3 is 0 Å². The van der Waals surface area contributed by atoms with Crippen molar-refractivity contribution in [3.05, 3.63) is 6.92 Å². The fourth-order valence-electron chi connectivity index (χ4n) is 1.39. The van der Waals surface area contributed by atoms with Crippen molar-refractivity contribution in [2.24, 2.45) is 11.8 Å². The van der Waals surface area contributed by atoms with E-state index in [1.165, 1.54) is 25.7 Å². The Morgan fingerprint density at radius 1 is 1.50 bits per heavy atom. The Labute approximate surface area is 52.3 Å². The molecule has 0 aliphatic heterocycles. The second-order valence-electron chi connectivity index (χ2n) is 2.83. The first-order valence-electron chi connectivity index (χ1n) is 3.67. The topological polar surface area (TPSA) is 0 Å². The van der Waals surface area contributed by atoms with Gasteiger partial charge in [0.15, 0.2) is 0 Å². The Bertz CT molecular complexity index is 66.4. The first kappa shape index (κ1) is 6.12. The summed E-state index contributed by atoms with van der Waals surface area (Å²) in [5, 5.41) is 0. The normalized spacial score (nSPS) is 35.2. The van der Waals surface area contributed by atoms with Gasteiger partial charge in [0.2, 0.25) is 0 Å². The van der Waals surface area contributed by atoms with Crippen molar-refractivity contribution < 1.29 is 0 Å². The zero-order valence-corrected chi connectivity index (χ0v) is 5.69. The second-order valence-corrected chi connectivity index (χ2v) is 2.83. The summed E-state index contributed by atoms with van der Waals surface area (Å²) in [5.41, 5.74) is 0. The Kier molecular flexibility index (Phi) is 1.93. The van der Waals surface area contributed by atoms with E-state index in [0.29, 0.717) is 0 Å². The van der Waals surface area contributed by atoms with Crippen LogP contribution in [-0.4, -0.2) is 0 Å². The van der Waals surface area contributed by atoms with Crippen LogP contribution in [0, 0.1) is 18.8 Å². The van der Waals surface area contributed by atoms with Crippen LogP contribution >= 0.6 is 0 Å². The van der Waals surface area contributed by atoms with Crippen molar-refractivity contribution in [1.82, 2.24) is 0 Å². The summed E-state index contributed by atoms with van der Waals surface area (Å²) >= 11 is 0. The second kappa shape index (κ2) is 2.52. The molecule has 0 heteroatoms. The lowest BCUT2D eigenvalue weighted by molar-refractivity contribution is 0.636. The van der Waals surface area contributed by atoms with Crippen LogP contribution < -0.4 is 0 Å². The molecule has 0 spiro atoms. The molecular formula is C8H15. The van der Waals surface area contributed by atoms with Gasteiger partial charge in [-0.05, 0) is 18.3 Å². The maximum absolute atomic E-state index is 3.88. The quantitative estimate of drug-likeness (QED) is 0.525. The van der Waals surface area contributed by atoms with Crippen molar-refractivity contribution >= 4 is 0 Å². The van der Waals surface area contributed by atoms with Crippen LogP contribution in [0.1, 0.15) is 32.6 Å². The molecular weight excluding hydrogens is 96.1 g/mol. The van der Waals surface area contributed by atoms with E-state index in [9.17, 15) is 0 Å². The summed E-state index contributed by atoms with van der Waals surface area (Å²) in [6.45, 7) is 6.14. The molecule has 1 aliphatic carbocycles. The highest BCUT2D eigenvalue weighted by molar-refractivity contribution is 4.85. The van der Waals surface area contributed by atoms with Crippen LogP contribution in [0.5, 0.6) is 0 Å². The molecule has 1 rings (SSSR count). The van der Waals surface area contributed by atoms with Gasteiger partial charge in [0.25, 0.3) is 0 Å². The van der Waals surface area contributed by atoms with Gasteiger partial charge in [-0.3, -0.25) is 0 Å². The molecule has 2 atom stereocenters. The first-order chi connectivity index (χ1) is 3.88. The first-order valence-corrected chi connectivity index (χ1v) is 3.67. The molecule has 0 aromatic rings. The van der Waals surface area contributed by atoms with Gasteiger partial charge in [0, 0.05) is 0 Å². The standard InChI is InChI=1S/C8H15/c1-3-5-8-6-7(8)4-2/h7-8H,2-6H2,1H3. The third kappa shape index (κ3) is 1.24. The highest BCUT2D eigenvalue weighted by Gasteiger charge is 2.33. The van der Waals surface area contributed by atoms with Crippen LogP contribution in [0.4, 0.5) is 0 Å². The maximum Gasteiger partial charge on any atom is -0.0383 e. The molecule has 0 bridgehead atoms. The van der Waals surface area contributed by atoms with E-state index in [2.05, 4.69) is 13.8 Å². The highest BCUT2D eigenvalue weighted by Crippen LogP contribution is 2.43. The van der Waals surface area contributed by atoms with Crippen LogP contribution in [0.3, 0.4) is 0 Å². The number of rotatable bonds is 3. The fourth-order valence-corrected chi connectivity index (χ4v) is 1.39. The minimum absolute atomic E-state index is 1.01. The van der Waals surface area contributed by atoms with E-state index < -0.39 is 0 Å². The third-order valence-electron chi connectivity index (χ3n) is 2.10. The fraction of sp³-hybridized carbons (Fsp3) is 0.875. The summed E-state index contributed by atoms with van der Waals surface area (Å²) in [6.07, 6.45) is 5.45. The molecule has 0 aromatic heterocycles. The molecule has 0 nitrogen and oxygen atoms in total. The average Bonchev–Trinajstić information content (AvgIpc) is 2.48. The van der Waals surface area contributed by atoms with Gasteiger partial charge in [-0.2, -0.15) is 0 Å². The van der Waals surface area contributed by atoms with E-state index in [1.54, 1.807) is 0 Å². The van der Waals surface area contributed by atoms with Crippen LogP contribution in [0.25, 0.3) is 0 Å². The predicted octanol–water partition coefficient (Wildman–Crippen LogP) is 2.65. The molecule has 0 aromatic carbocycles. The molecule has 1 fully saturated rings. The summed E-state index contributed by atoms with van der Waals surface area (Å²) in [7, 11) is 0. The maximum atomic E-state index is 3.88. The van der Waals surface area contributed by atoms with Crippen molar-refractivity contribution in [3.63, 3.8) is 0 Å². The molecule has 0 amide bonds. The molecule has 1 saturated carbocycles. The predicted molar refractivity (Wildman–Crippen MR) is 36.5 cm³/mol. The summed E-state index contributed by atoms with van der Waals surface area (Å²) in [4.78, 5) is 0. The van der Waals surface area contributed by atoms with Gasteiger partial charge in [-0.25, -0.2) is 0 Å². The molecule has 0 heterocycles. The molecule has 2 unspecified atom stereocenters. The largest absolute Gasteiger partial charge is 0.0654 e.